The number of alkyl halides is 2. The van der Waals surface area contributed by atoms with Crippen LogP contribution in [0, 0.1) is 0 Å². The molecule has 1 aromatic heterocycles. The van der Waals surface area contributed by atoms with Crippen LogP contribution >= 0.6 is 11.6 Å². The fourth-order valence-electron chi connectivity index (χ4n) is 1.42. The summed E-state index contributed by atoms with van der Waals surface area (Å²) in [6.07, 6.45) is 0.0907. The molecule has 1 heterocycles. The Bertz CT molecular complexity index is 525. The van der Waals surface area contributed by atoms with E-state index in [0.29, 0.717) is 0 Å². The minimum absolute atomic E-state index is 0.593. The number of nitrogens with one attached hydrogen (secondary N) is 1. The molecule has 3 N–H and O–H groups in total. The second kappa shape index (κ2) is 6.29. The predicted octanol–water partition coefficient (Wildman–Crippen LogP) is -0.671. The number of aliphatic hydroxyl groups excluding tert-OH is 2. The first-order valence-corrected chi connectivity index (χ1v) is 5.78. The maximum absolute atomic E-state index is 12.9. The standard InChI is InChI=1S/C10H14ClFN2O5/c1-6(14-3-2-7(16)13-9(14)18)19-10(4-12,5-15)8(11)17/h2-3,6,8,15,17H,4-5H2,1H3,(H,13,16,18)/t6-,8-,10-/m1/s1. The number of aromatic nitrogens is 2. The van der Waals surface area contributed by atoms with Crippen LogP contribution in [0.2, 0.25) is 0 Å². The molecule has 0 saturated carbocycles. The SMILES string of the molecule is C[C@@H](O[C@@](CO)(CF)[C@@H](O)Cl)n1ccc(=O)[nH]c1=O. The van der Waals surface area contributed by atoms with Crippen molar-refractivity contribution in [3.8, 4) is 0 Å². The van der Waals surface area contributed by atoms with E-state index in [-0.39, 0.29) is 0 Å². The zero-order valence-corrected chi connectivity index (χ0v) is 10.8. The van der Waals surface area contributed by atoms with Crippen LogP contribution in [-0.2, 0) is 4.74 Å². The van der Waals surface area contributed by atoms with Crippen molar-refractivity contribution in [2.45, 2.75) is 24.3 Å². The Labute approximate surface area is 112 Å². The van der Waals surface area contributed by atoms with Crippen molar-refractivity contribution in [1.82, 2.24) is 9.55 Å². The second-order valence-corrected chi connectivity index (χ2v) is 4.34. The Morgan fingerprint density at radius 2 is 2.26 bits per heavy atom. The third kappa shape index (κ3) is 3.41. The molecule has 1 aromatic rings. The van der Waals surface area contributed by atoms with Crippen LogP contribution in [0.4, 0.5) is 4.39 Å². The highest BCUT2D eigenvalue weighted by molar-refractivity contribution is 6.20. The minimum atomic E-state index is -2.05. The molecule has 0 aliphatic carbocycles. The lowest BCUT2D eigenvalue weighted by molar-refractivity contribution is -0.180. The Kier molecular flexibility index (Phi) is 5.24. The molecular weight excluding hydrogens is 283 g/mol. The summed E-state index contributed by atoms with van der Waals surface area (Å²) in [5, 5.41) is 18.4. The lowest BCUT2D eigenvalue weighted by atomic mass is 10.1. The molecule has 1 rings (SSSR count). The average molecular weight is 297 g/mol. The van der Waals surface area contributed by atoms with Gasteiger partial charge in [-0.15, -0.1) is 0 Å². The summed E-state index contributed by atoms with van der Waals surface area (Å²) >= 11 is 5.38. The number of aromatic amines is 1. The summed E-state index contributed by atoms with van der Waals surface area (Å²) in [6, 6.07) is 1.08. The van der Waals surface area contributed by atoms with Gasteiger partial charge in [0.25, 0.3) is 5.56 Å². The fourth-order valence-corrected chi connectivity index (χ4v) is 1.60. The van der Waals surface area contributed by atoms with Gasteiger partial charge < -0.3 is 14.9 Å². The number of hydrogen-bond acceptors (Lipinski definition) is 5. The van der Waals surface area contributed by atoms with Gasteiger partial charge in [0.05, 0.1) is 6.61 Å². The minimum Gasteiger partial charge on any atom is -0.393 e. The Balaban J connectivity index is 3.03. The van der Waals surface area contributed by atoms with E-state index < -0.39 is 41.9 Å². The van der Waals surface area contributed by atoms with Crippen molar-refractivity contribution in [3.63, 3.8) is 0 Å². The molecule has 108 valence electrons. The number of nitrogens with zero attached hydrogens (tertiary/aromatic N) is 1. The number of hydrogen-bond donors (Lipinski definition) is 3. The van der Waals surface area contributed by atoms with E-state index in [1.807, 2.05) is 4.98 Å². The van der Waals surface area contributed by atoms with Gasteiger partial charge in [0.1, 0.15) is 12.9 Å². The van der Waals surface area contributed by atoms with Gasteiger partial charge >= 0.3 is 5.69 Å². The van der Waals surface area contributed by atoms with Crippen molar-refractivity contribution in [3.05, 3.63) is 33.1 Å². The molecule has 9 heteroatoms. The molecule has 19 heavy (non-hydrogen) atoms. The van der Waals surface area contributed by atoms with E-state index in [0.717, 1.165) is 16.8 Å². The normalized spacial score (nSPS) is 17.7. The van der Waals surface area contributed by atoms with Gasteiger partial charge in [-0.3, -0.25) is 14.3 Å². The summed E-state index contributed by atoms with van der Waals surface area (Å²) in [7, 11) is 0. The molecule has 0 bridgehead atoms. The molecule has 0 aromatic carbocycles. The van der Waals surface area contributed by atoms with Crippen molar-refractivity contribution in [2.75, 3.05) is 13.3 Å². The van der Waals surface area contributed by atoms with E-state index in [1.54, 1.807) is 0 Å². The largest absolute Gasteiger partial charge is 0.393 e. The Morgan fingerprint density at radius 3 is 2.68 bits per heavy atom. The molecule has 0 spiro atoms. The van der Waals surface area contributed by atoms with Crippen LogP contribution in [0.15, 0.2) is 21.9 Å². The first kappa shape index (κ1) is 15.8. The molecule has 3 atom stereocenters. The number of halogens is 2. The highest BCUT2D eigenvalue weighted by Crippen LogP contribution is 2.25. The first-order valence-electron chi connectivity index (χ1n) is 5.34. The zero-order valence-electron chi connectivity index (χ0n) is 10.0. The Morgan fingerprint density at radius 1 is 1.63 bits per heavy atom. The van der Waals surface area contributed by atoms with Crippen molar-refractivity contribution < 1.29 is 19.3 Å². The quantitative estimate of drug-likeness (QED) is 0.604. The summed E-state index contributed by atoms with van der Waals surface area (Å²) < 4.78 is 19.0. The molecule has 0 fully saturated rings. The van der Waals surface area contributed by atoms with E-state index in [1.165, 1.54) is 6.92 Å². The lowest BCUT2D eigenvalue weighted by Crippen LogP contribution is -2.50. The first-order chi connectivity index (χ1) is 8.86. The number of ether oxygens (including phenoxy) is 1. The van der Waals surface area contributed by atoms with Gasteiger partial charge in [0.2, 0.25) is 0 Å². The monoisotopic (exact) mass is 296 g/mol. The summed E-state index contributed by atoms with van der Waals surface area (Å²) in [6.45, 7) is -0.758. The third-order valence-electron chi connectivity index (χ3n) is 2.58. The van der Waals surface area contributed by atoms with Crippen molar-refractivity contribution >= 4 is 11.6 Å². The fraction of sp³-hybridized carbons (Fsp3) is 0.600. The third-order valence-corrected chi connectivity index (χ3v) is 2.97. The highest BCUT2D eigenvalue weighted by Gasteiger charge is 2.40. The van der Waals surface area contributed by atoms with Crippen LogP contribution in [0.3, 0.4) is 0 Å². The van der Waals surface area contributed by atoms with E-state index >= 15 is 0 Å². The van der Waals surface area contributed by atoms with E-state index in [9.17, 15) is 19.1 Å². The predicted molar refractivity (Wildman–Crippen MR) is 64.8 cm³/mol. The molecule has 0 amide bonds. The lowest BCUT2D eigenvalue weighted by Gasteiger charge is -2.33. The van der Waals surface area contributed by atoms with Gasteiger partial charge in [-0.25, -0.2) is 9.18 Å². The highest BCUT2D eigenvalue weighted by atomic mass is 35.5. The molecule has 0 saturated heterocycles. The van der Waals surface area contributed by atoms with Crippen LogP contribution in [0.1, 0.15) is 13.2 Å². The maximum Gasteiger partial charge on any atom is 0.330 e. The van der Waals surface area contributed by atoms with Gasteiger partial charge in [-0.05, 0) is 6.92 Å². The van der Waals surface area contributed by atoms with Crippen molar-refractivity contribution in [2.24, 2.45) is 0 Å². The number of H-pyrrole nitrogens is 1. The van der Waals surface area contributed by atoms with E-state index in [4.69, 9.17) is 21.4 Å². The number of aliphatic hydroxyl groups is 2. The Hall–Kier alpha value is -1.22. The van der Waals surface area contributed by atoms with Crippen LogP contribution in [0.25, 0.3) is 0 Å². The van der Waals surface area contributed by atoms with Crippen molar-refractivity contribution in [1.29, 1.82) is 0 Å². The topological polar surface area (TPSA) is 105 Å². The molecule has 0 aliphatic rings. The van der Waals surface area contributed by atoms with Crippen LogP contribution in [-0.4, -0.2) is 44.2 Å². The van der Waals surface area contributed by atoms with Gasteiger partial charge in [0.15, 0.2) is 11.2 Å². The van der Waals surface area contributed by atoms with E-state index in [2.05, 4.69) is 0 Å². The average Bonchev–Trinajstić information content (AvgIpc) is 2.35. The maximum atomic E-state index is 12.9. The molecular formula is C10H14ClFN2O5. The molecule has 0 aliphatic heterocycles. The summed E-state index contributed by atoms with van der Waals surface area (Å²) in [5.41, 5.74) is -5.21. The van der Waals surface area contributed by atoms with Gasteiger partial charge in [-0.2, -0.15) is 0 Å². The molecule has 0 unspecified atom stereocenters. The summed E-state index contributed by atoms with van der Waals surface area (Å²) in [5.74, 6) is 0. The molecule has 7 nitrogen and oxygen atoms in total. The smallest absolute Gasteiger partial charge is 0.330 e. The second-order valence-electron chi connectivity index (χ2n) is 3.93. The molecule has 0 radical (unpaired) electrons. The number of rotatable bonds is 6. The summed E-state index contributed by atoms with van der Waals surface area (Å²) in [4.78, 5) is 24.4. The van der Waals surface area contributed by atoms with Crippen LogP contribution < -0.4 is 11.2 Å². The van der Waals surface area contributed by atoms with Gasteiger partial charge in [0, 0.05) is 12.3 Å². The van der Waals surface area contributed by atoms with Crippen LogP contribution in [0.5, 0.6) is 0 Å². The zero-order chi connectivity index (χ0) is 14.6. The van der Waals surface area contributed by atoms with Gasteiger partial charge in [-0.1, -0.05) is 11.6 Å².